The van der Waals surface area contributed by atoms with Crippen LogP contribution in [0.25, 0.3) is 11.4 Å². The van der Waals surface area contributed by atoms with Crippen molar-refractivity contribution in [2.24, 2.45) is 0 Å². The predicted octanol–water partition coefficient (Wildman–Crippen LogP) is 2.04. The molecule has 5 heteroatoms. The van der Waals surface area contributed by atoms with Crippen molar-refractivity contribution < 1.29 is 14.2 Å². The summed E-state index contributed by atoms with van der Waals surface area (Å²) in [4.78, 5) is 8.17. The molecule has 94 valence electrons. The van der Waals surface area contributed by atoms with Gasteiger partial charge in [0.05, 0.1) is 18.5 Å². The van der Waals surface area contributed by atoms with Gasteiger partial charge in [0.25, 0.3) is 0 Å². The van der Waals surface area contributed by atoms with Gasteiger partial charge in [-0.05, 0) is 19.1 Å². The van der Waals surface area contributed by atoms with Gasteiger partial charge in [-0.15, -0.1) is 0 Å². The average molecular weight is 248 g/mol. The highest BCUT2D eigenvalue weighted by Crippen LogP contribution is 2.17. The minimum atomic E-state index is -0.548. The van der Waals surface area contributed by atoms with Crippen LogP contribution in [0.1, 0.15) is 6.92 Å². The third-order valence-electron chi connectivity index (χ3n) is 2.20. The van der Waals surface area contributed by atoms with E-state index in [2.05, 4.69) is 9.97 Å². The maximum absolute atomic E-state index is 13.0. The zero-order chi connectivity index (χ0) is 13.0. The van der Waals surface area contributed by atoms with Gasteiger partial charge >= 0.3 is 0 Å². The molecule has 2 rings (SSSR count). The molecule has 0 spiro atoms. The van der Waals surface area contributed by atoms with Crippen molar-refractivity contribution in [3.8, 4) is 17.1 Å². The molecule has 0 aliphatic carbocycles. The lowest BCUT2D eigenvalue weighted by atomic mass is 10.2. The van der Waals surface area contributed by atoms with Crippen LogP contribution >= 0.6 is 0 Å². The average Bonchev–Trinajstić information content (AvgIpc) is 2.37. The number of aliphatic hydroxyl groups is 1. The standard InChI is InChI=1S/C13H13FN2O2/c1-9(17)8-18-12-6-15-13(16-7-12)10-3-2-4-11(14)5-10/h2-7,9,17H,8H2,1H3. The fraction of sp³-hybridized carbons (Fsp3) is 0.231. The Bertz CT molecular complexity index is 515. The maximum Gasteiger partial charge on any atom is 0.159 e. The summed E-state index contributed by atoms with van der Waals surface area (Å²) >= 11 is 0. The van der Waals surface area contributed by atoms with Crippen LogP contribution in [0.2, 0.25) is 0 Å². The fourth-order valence-electron chi connectivity index (χ4n) is 1.38. The molecule has 2 aromatic rings. The number of nitrogens with zero attached hydrogens (tertiary/aromatic N) is 2. The van der Waals surface area contributed by atoms with E-state index in [0.717, 1.165) is 0 Å². The number of hydrogen-bond acceptors (Lipinski definition) is 4. The summed E-state index contributed by atoms with van der Waals surface area (Å²) in [5.74, 6) is 0.570. The first-order valence-corrected chi connectivity index (χ1v) is 5.54. The van der Waals surface area contributed by atoms with E-state index in [-0.39, 0.29) is 12.4 Å². The number of ether oxygens (including phenoxy) is 1. The summed E-state index contributed by atoms with van der Waals surface area (Å²) in [6, 6.07) is 6.07. The Balaban J connectivity index is 2.12. The molecule has 0 aliphatic rings. The minimum Gasteiger partial charge on any atom is -0.488 e. The predicted molar refractivity (Wildman–Crippen MR) is 64.6 cm³/mol. The topological polar surface area (TPSA) is 55.2 Å². The van der Waals surface area contributed by atoms with Crippen LogP contribution in [-0.4, -0.2) is 27.8 Å². The van der Waals surface area contributed by atoms with E-state index in [4.69, 9.17) is 9.84 Å². The molecule has 1 heterocycles. The second kappa shape index (κ2) is 5.55. The Kier molecular flexibility index (Phi) is 3.84. The molecular weight excluding hydrogens is 235 g/mol. The maximum atomic E-state index is 13.0. The number of aliphatic hydroxyl groups excluding tert-OH is 1. The first-order chi connectivity index (χ1) is 8.65. The molecule has 1 atom stereocenters. The summed E-state index contributed by atoms with van der Waals surface area (Å²) in [5.41, 5.74) is 0.608. The van der Waals surface area contributed by atoms with Gasteiger partial charge in [0, 0.05) is 5.56 Å². The summed E-state index contributed by atoms with van der Waals surface area (Å²) in [6.07, 6.45) is 2.44. The molecule has 1 aromatic heterocycles. The summed E-state index contributed by atoms with van der Waals surface area (Å²) < 4.78 is 18.3. The van der Waals surface area contributed by atoms with Gasteiger partial charge in [-0.3, -0.25) is 0 Å². The first kappa shape index (κ1) is 12.4. The second-order valence-electron chi connectivity index (χ2n) is 3.91. The highest BCUT2D eigenvalue weighted by molar-refractivity contribution is 5.54. The normalized spacial score (nSPS) is 12.2. The second-order valence-corrected chi connectivity index (χ2v) is 3.91. The smallest absolute Gasteiger partial charge is 0.159 e. The van der Waals surface area contributed by atoms with Gasteiger partial charge in [-0.2, -0.15) is 0 Å². The van der Waals surface area contributed by atoms with Crippen molar-refractivity contribution in [1.29, 1.82) is 0 Å². The van der Waals surface area contributed by atoms with Crippen LogP contribution in [0.4, 0.5) is 4.39 Å². The van der Waals surface area contributed by atoms with Crippen LogP contribution in [-0.2, 0) is 0 Å². The lowest BCUT2D eigenvalue weighted by Crippen LogP contribution is -2.13. The van der Waals surface area contributed by atoms with Gasteiger partial charge < -0.3 is 9.84 Å². The molecule has 0 aliphatic heterocycles. The molecule has 0 radical (unpaired) electrons. The molecule has 0 saturated heterocycles. The van der Waals surface area contributed by atoms with Crippen LogP contribution in [0, 0.1) is 5.82 Å². The number of benzene rings is 1. The van der Waals surface area contributed by atoms with Crippen molar-refractivity contribution in [1.82, 2.24) is 9.97 Å². The Morgan fingerprint density at radius 2 is 2.06 bits per heavy atom. The van der Waals surface area contributed by atoms with Crippen LogP contribution in [0.3, 0.4) is 0 Å². The van der Waals surface area contributed by atoms with Gasteiger partial charge in [-0.25, -0.2) is 14.4 Å². The van der Waals surface area contributed by atoms with E-state index < -0.39 is 6.10 Å². The van der Waals surface area contributed by atoms with Gasteiger partial charge in [0.1, 0.15) is 12.4 Å². The van der Waals surface area contributed by atoms with E-state index in [9.17, 15) is 4.39 Å². The van der Waals surface area contributed by atoms with E-state index in [1.54, 1.807) is 19.1 Å². The molecule has 4 nitrogen and oxygen atoms in total. The summed E-state index contributed by atoms with van der Waals surface area (Å²) in [5, 5.41) is 9.07. The third-order valence-corrected chi connectivity index (χ3v) is 2.20. The zero-order valence-corrected chi connectivity index (χ0v) is 9.88. The number of halogens is 1. The number of rotatable bonds is 4. The summed E-state index contributed by atoms with van der Waals surface area (Å²) in [7, 11) is 0. The number of hydrogen-bond donors (Lipinski definition) is 1. The molecule has 0 bridgehead atoms. The van der Waals surface area contributed by atoms with Crippen molar-refractivity contribution in [3.05, 3.63) is 42.5 Å². The van der Waals surface area contributed by atoms with E-state index in [0.29, 0.717) is 17.1 Å². The Hall–Kier alpha value is -2.01. The largest absolute Gasteiger partial charge is 0.488 e. The first-order valence-electron chi connectivity index (χ1n) is 5.54. The summed E-state index contributed by atoms with van der Waals surface area (Å²) in [6.45, 7) is 1.81. The lowest BCUT2D eigenvalue weighted by Gasteiger charge is -2.07. The van der Waals surface area contributed by atoms with Crippen LogP contribution in [0.5, 0.6) is 5.75 Å². The quantitative estimate of drug-likeness (QED) is 0.899. The van der Waals surface area contributed by atoms with Crippen molar-refractivity contribution >= 4 is 0 Å². The van der Waals surface area contributed by atoms with E-state index in [1.807, 2.05) is 0 Å². The van der Waals surface area contributed by atoms with Crippen LogP contribution < -0.4 is 4.74 Å². The molecule has 0 saturated carbocycles. The van der Waals surface area contributed by atoms with Gasteiger partial charge in [0.2, 0.25) is 0 Å². The molecule has 0 amide bonds. The van der Waals surface area contributed by atoms with Crippen molar-refractivity contribution in [2.75, 3.05) is 6.61 Å². The highest BCUT2D eigenvalue weighted by atomic mass is 19.1. The molecule has 1 N–H and O–H groups in total. The lowest BCUT2D eigenvalue weighted by molar-refractivity contribution is 0.122. The number of aromatic nitrogens is 2. The third kappa shape index (κ3) is 3.24. The zero-order valence-electron chi connectivity index (χ0n) is 9.88. The Morgan fingerprint density at radius 1 is 1.33 bits per heavy atom. The highest BCUT2D eigenvalue weighted by Gasteiger charge is 2.04. The molecule has 18 heavy (non-hydrogen) atoms. The SMILES string of the molecule is CC(O)COc1cnc(-c2cccc(F)c2)nc1. The molecular formula is C13H13FN2O2. The molecule has 0 fully saturated rings. The van der Waals surface area contributed by atoms with Crippen molar-refractivity contribution in [3.63, 3.8) is 0 Å². The monoisotopic (exact) mass is 248 g/mol. The fourth-order valence-corrected chi connectivity index (χ4v) is 1.38. The van der Waals surface area contributed by atoms with Gasteiger partial charge in [-0.1, -0.05) is 12.1 Å². The Labute approximate surface area is 104 Å². The molecule has 1 unspecified atom stereocenters. The Morgan fingerprint density at radius 3 is 2.67 bits per heavy atom. The van der Waals surface area contributed by atoms with E-state index >= 15 is 0 Å². The minimum absolute atomic E-state index is 0.183. The van der Waals surface area contributed by atoms with E-state index in [1.165, 1.54) is 24.5 Å². The van der Waals surface area contributed by atoms with Gasteiger partial charge in [0.15, 0.2) is 11.6 Å². The van der Waals surface area contributed by atoms with Crippen molar-refractivity contribution in [2.45, 2.75) is 13.0 Å². The molecule has 1 aromatic carbocycles. The van der Waals surface area contributed by atoms with Crippen LogP contribution in [0.15, 0.2) is 36.7 Å².